The van der Waals surface area contributed by atoms with Crippen molar-refractivity contribution in [2.24, 2.45) is 0 Å². The molecule has 2 rings (SSSR count). The molecular weight excluding hydrogens is 252 g/mol. The highest BCUT2D eigenvalue weighted by Crippen LogP contribution is 2.40. The van der Waals surface area contributed by atoms with Crippen LogP contribution in [0.15, 0.2) is 17.1 Å². The van der Waals surface area contributed by atoms with E-state index in [0.717, 1.165) is 4.57 Å². The second-order valence-electron chi connectivity index (χ2n) is 4.72. The number of aliphatic hydroxyl groups is 2. The van der Waals surface area contributed by atoms with E-state index in [1.54, 1.807) is 0 Å². The summed E-state index contributed by atoms with van der Waals surface area (Å²) in [4.78, 5) is 15.3. The summed E-state index contributed by atoms with van der Waals surface area (Å²) in [6, 6.07) is 3.21. The Morgan fingerprint density at radius 2 is 2.47 bits per heavy atom. The van der Waals surface area contributed by atoms with Gasteiger partial charge in [0.05, 0.1) is 12.2 Å². The Labute approximate surface area is 108 Å². The molecule has 8 nitrogen and oxygen atoms in total. The Morgan fingerprint density at radius 3 is 2.95 bits per heavy atom. The van der Waals surface area contributed by atoms with Gasteiger partial charge in [-0.25, -0.2) is 4.79 Å². The summed E-state index contributed by atoms with van der Waals surface area (Å²) < 4.78 is 6.36. The average Bonchev–Trinajstić information content (AvgIpc) is 2.61. The van der Waals surface area contributed by atoms with Crippen LogP contribution in [0.25, 0.3) is 0 Å². The second-order valence-corrected chi connectivity index (χ2v) is 4.72. The maximum absolute atomic E-state index is 11.8. The molecule has 0 spiro atoms. The van der Waals surface area contributed by atoms with Crippen LogP contribution < -0.4 is 11.4 Å². The van der Waals surface area contributed by atoms with Gasteiger partial charge < -0.3 is 20.7 Å². The molecule has 4 N–H and O–H groups in total. The quantitative estimate of drug-likeness (QED) is 0.595. The maximum Gasteiger partial charge on any atom is 0.352 e. The Kier molecular flexibility index (Phi) is 3.06. The molecule has 1 aliphatic heterocycles. The van der Waals surface area contributed by atoms with E-state index in [4.69, 9.17) is 10.5 Å². The van der Waals surface area contributed by atoms with Crippen molar-refractivity contribution in [3.05, 3.63) is 22.7 Å². The maximum atomic E-state index is 11.8. The number of aliphatic hydroxyl groups excluding tert-OH is 1. The van der Waals surface area contributed by atoms with Crippen LogP contribution in [0.3, 0.4) is 0 Å². The molecule has 102 valence electrons. The number of aromatic nitrogens is 2. The largest absolute Gasteiger partial charge is 0.394 e. The minimum Gasteiger partial charge on any atom is -0.394 e. The van der Waals surface area contributed by atoms with Gasteiger partial charge in [0.25, 0.3) is 0 Å². The SMILES string of the molecule is C[C@]1(O)C[C@](C#N)(n2ccc(N)nc2=O)O[C@@H]1CO. The van der Waals surface area contributed by atoms with E-state index in [-0.39, 0.29) is 12.2 Å². The number of rotatable bonds is 2. The number of nitrogen functional groups attached to an aromatic ring is 1. The predicted molar refractivity (Wildman–Crippen MR) is 63.7 cm³/mol. The molecule has 1 fully saturated rings. The summed E-state index contributed by atoms with van der Waals surface area (Å²) in [6.07, 6.45) is 0.160. The highest BCUT2D eigenvalue weighted by atomic mass is 16.6. The number of nitrogens with zero attached hydrogens (tertiary/aromatic N) is 3. The lowest BCUT2D eigenvalue weighted by atomic mass is 9.94. The normalized spacial score (nSPS) is 34.1. The number of nitrogens with two attached hydrogens (primary N) is 1. The number of ether oxygens (including phenoxy) is 1. The van der Waals surface area contributed by atoms with Gasteiger partial charge in [-0.2, -0.15) is 10.2 Å². The smallest absolute Gasteiger partial charge is 0.352 e. The van der Waals surface area contributed by atoms with Gasteiger partial charge >= 0.3 is 5.69 Å². The first-order valence-electron chi connectivity index (χ1n) is 5.62. The first-order chi connectivity index (χ1) is 8.84. The zero-order valence-corrected chi connectivity index (χ0v) is 10.3. The first-order valence-corrected chi connectivity index (χ1v) is 5.62. The molecule has 1 aromatic rings. The van der Waals surface area contributed by atoms with Crippen molar-refractivity contribution in [2.45, 2.75) is 30.8 Å². The summed E-state index contributed by atoms with van der Waals surface area (Å²) in [5, 5.41) is 28.6. The van der Waals surface area contributed by atoms with Crippen molar-refractivity contribution in [2.75, 3.05) is 12.3 Å². The van der Waals surface area contributed by atoms with Crippen molar-refractivity contribution in [1.82, 2.24) is 9.55 Å². The summed E-state index contributed by atoms with van der Waals surface area (Å²) in [6.45, 7) is 0.969. The molecule has 19 heavy (non-hydrogen) atoms. The summed E-state index contributed by atoms with van der Waals surface area (Å²) in [5.74, 6) is 0.0257. The van der Waals surface area contributed by atoms with E-state index in [1.165, 1.54) is 19.2 Å². The Morgan fingerprint density at radius 1 is 1.79 bits per heavy atom. The van der Waals surface area contributed by atoms with Crippen LogP contribution in [-0.2, 0) is 10.5 Å². The first kappa shape index (κ1) is 13.5. The monoisotopic (exact) mass is 266 g/mol. The number of hydrogen-bond acceptors (Lipinski definition) is 7. The summed E-state index contributed by atoms with van der Waals surface area (Å²) in [5.41, 5.74) is 1.50. The molecule has 0 aromatic carbocycles. The summed E-state index contributed by atoms with van der Waals surface area (Å²) in [7, 11) is 0. The lowest BCUT2D eigenvalue weighted by Gasteiger charge is -2.22. The van der Waals surface area contributed by atoms with E-state index in [9.17, 15) is 20.3 Å². The predicted octanol–water partition coefficient (Wildman–Crippen LogP) is -1.47. The topological polar surface area (TPSA) is 134 Å². The van der Waals surface area contributed by atoms with Gasteiger partial charge in [-0.3, -0.25) is 4.57 Å². The zero-order chi connectivity index (χ0) is 14.3. The molecule has 1 saturated heterocycles. The molecule has 0 aliphatic carbocycles. The van der Waals surface area contributed by atoms with Crippen molar-refractivity contribution < 1.29 is 14.9 Å². The van der Waals surface area contributed by atoms with Gasteiger partial charge in [-0.15, -0.1) is 0 Å². The fourth-order valence-electron chi connectivity index (χ4n) is 2.19. The molecule has 0 radical (unpaired) electrons. The third kappa shape index (κ3) is 2.08. The van der Waals surface area contributed by atoms with Crippen LogP contribution in [0.2, 0.25) is 0 Å². The Hall–Kier alpha value is -1.95. The number of nitriles is 1. The molecule has 0 bridgehead atoms. The molecule has 0 unspecified atom stereocenters. The molecule has 2 heterocycles. The van der Waals surface area contributed by atoms with Gasteiger partial charge in [-0.05, 0) is 13.0 Å². The molecule has 0 amide bonds. The van der Waals surface area contributed by atoms with Crippen LogP contribution >= 0.6 is 0 Å². The number of anilines is 1. The molecule has 1 aliphatic rings. The number of hydrogen-bond donors (Lipinski definition) is 3. The molecule has 1 aromatic heterocycles. The van der Waals surface area contributed by atoms with E-state index < -0.39 is 29.7 Å². The fraction of sp³-hybridized carbons (Fsp3) is 0.545. The Balaban J connectivity index is 2.52. The minimum absolute atomic E-state index is 0.0257. The van der Waals surface area contributed by atoms with Gasteiger partial charge in [0, 0.05) is 12.6 Å². The summed E-state index contributed by atoms with van der Waals surface area (Å²) >= 11 is 0. The van der Waals surface area contributed by atoms with E-state index in [1.807, 2.05) is 6.07 Å². The van der Waals surface area contributed by atoms with Crippen LogP contribution in [0.4, 0.5) is 5.82 Å². The third-order valence-corrected chi connectivity index (χ3v) is 3.18. The third-order valence-electron chi connectivity index (χ3n) is 3.18. The molecule has 0 saturated carbocycles. The van der Waals surface area contributed by atoms with Crippen LogP contribution in [0.5, 0.6) is 0 Å². The van der Waals surface area contributed by atoms with Crippen LogP contribution in [-0.4, -0.2) is 38.1 Å². The van der Waals surface area contributed by atoms with Crippen LogP contribution in [0, 0.1) is 11.3 Å². The van der Waals surface area contributed by atoms with E-state index in [2.05, 4.69) is 4.98 Å². The van der Waals surface area contributed by atoms with Crippen molar-refractivity contribution >= 4 is 5.82 Å². The van der Waals surface area contributed by atoms with Gasteiger partial charge in [0.15, 0.2) is 0 Å². The van der Waals surface area contributed by atoms with Crippen molar-refractivity contribution in [3.63, 3.8) is 0 Å². The molecular formula is C11H14N4O4. The minimum atomic E-state index is -1.70. The van der Waals surface area contributed by atoms with E-state index in [0.29, 0.717) is 0 Å². The van der Waals surface area contributed by atoms with Crippen molar-refractivity contribution in [1.29, 1.82) is 5.26 Å². The lowest BCUT2D eigenvalue weighted by Crippen LogP contribution is -2.41. The van der Waals surface area contributed by atoms with Gasteiger partial charge in [-0.1, -0.05) is 0 Å². The fourth-order valence-corrected chi connectivity index (χ4v) is 2.19. The van der Waals surface area contributed by atoms with Gasteiger partial charge in [0.2, 0.25) is 5.72 Å². The zero-order valence-electron chi connectivity index (χ0n) is 10.3. The Bertz CT molecular complexity index is 591. The van der Waals surface area contributed by atoms with Gasteiger partial charge in [0.1, 0.15) is 18.0 Å². The highest BCUT2D eigenvalue weighted by Gasteiger charge is 2.54. The van der Waals surface area contributed by atoms with E-state index >= 15 is 0 Å². The van der Waals surface area contributed by atoms with Crippen molar-refractivity contribution in [3.8, 4) is 6.07 Å². The standard InChI is InChI=1S/C11H14N4O4/c1-10(18)5-11(6-12,19-7(10)4-16)15-3-2-8(13)14-9(15)17/h2-3,7,16,18H,4-5H2,1H3,(H2,13,14,17)/t7-,10+,11+/m1/s1. The molecule has 8 heteroatoms. The molecule has 3 atom stereocenters. The van der Waals surface area contributed by atoms with Crippen LogP contribution in [0.1, 0.15) is 13.3 Å². The lowest BCUT2D eigenvalue weighted by molar-refractivity contribution is -0.101. The second kappa shape index (κ2) is 4.31. The highest BCUT2D eigenvalue weighted by molar-refractivity contribution is 5.25. The average molecular weight is 266 g/mol.